The zero-order valence-electron chi connectivity index (χ0n) is 13.9. The summed E-state index contributed by atoms with van der Waals surface area (Å²) in [5, 5.41) is 0. The second-order valence-electron chi connectivity index (χ2n) is 7.33. The summed E-state index contributed by atoms with van der Waals surface area (Å²) in [5.74, 6) is 0. The summed E-state index contributed by atoms with van der Waals surface area (Å²) in [6.07, 6.45) is 7.99. The van der Waals surface area contributed by atoms with E-state index in [1.807, 2.05) is 0 Å². The maximum absolute atomic E-state index is 4.75. The Bertz CT molecular complexity index is 761. The third-order valence-corrected chi connectivity index (χ3v) is 6.34. The lowest BCUT2D eigenvalue weighted by molar-refractivity contribution is 0.440. The Kier molecular flexibility index (Phi) is 3.65. The van der Waals surface area contributed by atoms with Gasteiger partial charge in [-0.2, -0.15) is 0 Å². The minimum absolute atomic E-state index is 0.427. The van der Waals surface area contributed by atoms with Gasteiger partial charge in [-0.25, -0.2) is 0 Å². The summed E-state index contributed by atoms with van der Waals surface area (Å²) in [4.78, 5) is 1.19. The fraction of sp³-hybridized carbons (Fsp3) is 0.364. The number of allylic oxidation sites excluding steroid dienone is 1. The maximum atomic E-state index is 4.75. The topological polar surface area (TPSA) is 0 Å². The summed E-state index contributed by atoms with van der Waals surface area (Å²) < 4.78 is 0. The average molecular weight is 321 g/mol. The molecule has 0 unspecified atom stereocenters. The molecule has 23 heavy (non-hydrogen) atoms. The highest BCUT2D eigenvalue weighted by atomic mass is 32.1. The van der Waals surface area contributed by atoms with Crippen LogP contribution in [0, 0.1) is 0 Å². The van der Waals surface area contributed by atoms with Crippen LogP contribution in [0.1, 0.15) is 55.7 Å². The summed E-state index contributed by atoms with van der Waals surface area (Å²) in [5.41, 5.74) is 8.68. The van der Waals surface area contributed by atoms with Crippen molar-refractivity contribution < 1.29 is 0 Å². The van der Waals surface area contributed by atoms with Crippen molar-refractivity contribution in [3.8, 4) is 11.1 Å². The van der Waals surface area contributed by atoms with Crippen LogP contribution >= 0.6 is 12.6 Å². The zero-order valence-corrected chi connectivity index (χ0v) is 14.8. The third-order valence-electron chi connectivity index (χ3n) is 5.92. The van der Waals surface area contributed by atoms with Gasteiger partial charge in [-0.3, -0.25) is 0 Å². The van der Waals surface area contributed by atoms with E-state index in [0.717, 1.165) is 5.57 Å². The molecule has 2 aliphatic carbocycles. The molecule has 0 bridgehead atoms. The molecule has 2 aromatic rings. The fourth-order valence-corrected chi connectivity index (χ4v) is 5.01. The lowest BCUT2D eigenvalue weighted by Gasteiger charge is -2.27. The molecule has 0 atom stereocenters. The molecule has 0 nitrogen and oxygen atoms in total. The molecule has 118 valence electrons. The van der Waals surface area contributed by atoms with Crippen molar-refractivity contribution in [2.45, 2.75) is 55.8 Å². The fourth-order valence-electron chi connectivity index (χ4n) is 4.71. The molecule has 2 aromatic carbocycles. The number of hydrogen-bond donors (Lipinski definition) is 1. The monoisotopic (exact) mass is 320 g/mol. The van der Waals surface area contributed by atoms with Gasteiger partial charge in [-0.1, -0.05) is 55.3 Å². The molecule has 0 N–H and O–H groups in total. The van der Waals surface area contributed by atoms with E-state index in [1.165, 1.54) is 65.7 Å². The molecular weight excluding hydrogens is 296 g/mol. The standard InChI is InChI=1S/C22H24S/c1-15(2)16-5-7-17(8-6-16)18-9-10-20(23)19-11-14-22(21(18)19)12-3-4-13-22/h5-10,23H,1,3-4,11-14H2,2H3. The number of rotatable bonds is 2. The lowest BCUT2D eigenvalue weighted by atomic mass is 9.77. The van der Waals surface area contributed by atoms with Gasteiger partial charge in [-0.05, 0) is 71.9 Å². The molecular formula is C22H24S. The van der Waals surface area contributed by atoms with Crippen molar-refractivity contribution in [3.05, 3.63) is 59.7 Å². The van der Waals surface area contributed by atoms with Gasteiger partial charge in [0, 0.05) is 4.90 Å². The Balaban J connectivity index is 1.87. The second-order valence-corrected chi connectivity index (χ2v) is 7.81. The average Bonchev–Trinajstić information content (AvgIpc) is 3.18. The highest BCUT2D eigenvalue weighted by Crippen LogP contribution is 2.54. The molecule has 1 fully saturated rings. The summed E-state index contributed by atoms with van der Waals surface area (Å²) >= 11 is 4.75. The number of thiol groups is 1. The number of fused-ring (bicyclic) bond motifs is 2. The van der Waals surface area contributed by atoms with Gasteiger partial charge < -0.3 is 0 Å². The highest BCUT2D eigenvalue weighted by molar-refractivity contribution is 7.80. The largest absolute Gasteiger partial charge is 0.143 e. The van der Waals surface area contributed by atoms with E-state index >= 15 is 0 Å². The van der Waals surface area contributed by atoms with Gasteiger partial charge in [0.15, 0.2) is 0 Å². The van der Waals surface area contributed by atoms with Crippen LogP contribution in [0.15, 0.2) is 47.9 Å². The Morgan fingerprint density at radius 3 is 2.35 bits per heavy atom. The minimum atomic E-state index is 0.427. The summed E-state index contributed by atoms with van der Waals surface area (Å²) in [6.45, 7) is 6.11. The molecule has 1 spiro atoms. The number of benzene rings is 2. The van der Waals surface area contributed by atoms with E-state index in [2.05, 4.69) is 49.9 Å². The van der Waals surface area contributed by atoms with Crippen LogP contribution in [-0.4, -0.2) is 0 Å². The molecule has 0 aliphatic heterocycles. The second kappa shape index (κ2) is 5.56. The first-order chi connectivity index (χ1) is 11.1. The normalized spacial score (nSPS) is 18.3. The molecule has 4 rings (SSSR count). The quantitative estimate of drug-likeness (QED) is 0.605. The van der Waals surface area contributed by atoms with E-state index in [4.69, 9.17) is 12.6 Å². The van der Waals surface area contributed by atoms with Crippen LogP contribution in [-0.2, 0) is 11.8 Å². The Morgan fingerprint density at radius 2 is 1.70 bits per heavy atom. The van der Waals surface area contributed by atoms with Crippen LogP contribution < -0.4 is 0 Å². The predicted molar refractivity (Wildman–Crippen MR) is 102 cm³/mol. The van der Waals surface area contributed by atoms with Crippen molar-refractivity contribution in [1.82, 2.24) is 0 Å². The van der Waals surface area contributed by atoms with Crippen molar-refractivity contribution in [3.63, 3.8) is 0 Å². The minimum Gasteiger partial charge on any atom is -0.143 e. The van der Waals surface area contributed by atoms with Gasteiger partial charge in [0.1, 0.15) is 0 Å². The first-order valence-electron chi connectivity index (χ1n) is 8.72. The SMILES string of the molecule is C=C(C)c1ccc(-c2ccc(S)c3c2C2(CCCC2)CC3)cc1. The van der Waals surface area contributed by atoms with E-state index in [0.29, 0.717) is 5.41 Å². The van der Waals surface area contributed by atoms with Crippen LogP contribution in [0.2, 0.25) is 0 Å². The first-order valence-corrected chi connectivity index (χ1v) is 9.17. The van der Waals surface area contributed by atoms with E-state index in [1.54, 1.807) is 5.56 Å². The highest BCUT2D eigenvalue weighted by Gasteiger charge is 2.43. The number of hydrogen-bond acceptors (Lipinski definition) is 1. The van der Waals surface area contributed by atoms with Gasteiger partial charge >= 0.3 is 0 Å². The summed E-state index contributed by atoms with van der Waals surface area (Å²) in [7, 11) is 0. The van der Waals surface area contributed by atoms with Crippen molar-refractivity contribution in [2.24, 2.45) is 0 Å². The molecule has 1 saturated carbocycles. The van der Waals surface area contributed by atoms with E-state index < -0.39 is 0 Å². The van der Waals surface area contributed by atoms with Crippen LogP contribution in [0.25, 0.3) is 16.7 Å². The maximum Gasteiger partial charge on any atom is 0.00754 e. The molecule has 0 heterocycles. The van der Waals surface area contributed by atoms with Gasteiger partial charge in [0.05, 0.1) is 0 Å². The van der Waals surface area contributed by atoms with Gasteiger partial charge in [0.25, 0.3) is 0 Å². The van der Waals surface area contributed by atoms with Crippen LogP contribution in [0.5, 0.6) is 0 Å². The molecule has 0 aromatic heterocycles. The lowest BCUT2D eigenvalue weighted by Crippen LogP contribution is -2.18. The van der Waals surface area contributed by atoms with Gasteiger partial charge in [-0.15, -0.1) is 12.6 Å². The first kappa shape index (κ1) is 15.1. The smallest absolute Gasteiger partial charge is 0.00754 e. The Labute approximate surface area is 145 Å². The Hall–Kier alpha value is -1.47. The van der Waals surface area contributed by atoms with Crippen molar-refractivity contribution >= 4 is 18.2 Å². The third kappa shape index (κ3) is 2.37. The zero-order chi connectivity index (χ0) is 16.0. The molecule has 0 amide bonds. The summed E-state index contributed by atoms with van der Waals surface area (Å²) in [6, 6.07) is 13.4. The van der Waals surface area contributed by atoms with Crippen LogP contribution in [0.4, 0.5) is 0 Å². The van der Waals surface area contributed by atoms with Crippen molar-refractivity contribution in [1.29, 1.82) is 0 Å². The Morgan fingerprint density at radius 1 is 1.00 bits per heavy atom. The van der Waals surface area contributed by atoms with Crippen molar-refractivity contribution in [2.75, 3.05) is 0 Å². The molecule has 2 aliphatic rings. The molecule has 0 radical (unpaired) electrons. The predicted octanol–water partition coefficient (Wildman–Crippen LogP) is 6.43. The van der Waals surface area contributed by atoms with E-state index in [-0.39, 0.29) is 0 Å². The van der Waals surface area contributed by atoms with Gasteiger partial charge in [0.2, 0.25) is 0 Å². The molecule has 0 saturated heterocycles. The molecule has 1 heteroatoms. The van der Waals surface area contributed by atoms with E-state index in [9.17, 15) is 0 Å². The van der Waals surface area contributed by atoms with Crippen LogP contribution in [0.3, 0.4) is 0 Å².